The Morgan fingerprint density at radius 1 is 1.58 bits per heavy atom. The lowest BCUT2D eigenvalue weighted by Crippen LogP contribution is -2.51. The van der Waals surface area contributed by atoms with E-state index in [2.05, 4.69) is 0 Å². The third-order valence-corrected chi connectivity index (χ3v) is 3.70. The van der Waals surface area contributed by atoms with Crippen LogP contribution in [0.2, 0.25) is 5.02 Å². The number of ether oxygens (including phenoxy) is 1. The van der Waals surface area contributed by atoms with Crippen LogP contribution in [0.15, 0.2) is 24.3 Å². The van der Waals surface area contributed by atoms with Gasteiger partial charge in [0.05, 0.1) is 19.1 Å². The zero-order chi connectivity index (χ0) is 13.8. The summed E-state index contributed by atoms with van der Waals surface area (Å²) in [5.41, 5.74) is 6.68. The monoisotopic (exact) mass is 282 g/mol. The molecule has 2 N–H and O–H groups in total. The summed E-state index contributed by atoms with van der Waals surface area (Å²) in [5, 5.41) is 0.632. The maximum absolute atomic E-state index is 12.3. The summed E-state index contributed by atoms with van der Waals surface area (Å²) in [7, 11) is 0. The summed E-state index contributed by atoms with van der Waals surface area (Å²) in [6, 6.07) is 7.35. The Morgan fingerprint density at radius 2 is 2.32 bits per heavy atom. The molecule has 1 aliphatic rings. The highest BCUT2D eigenvalue weighted by atomic mass is 35.5. The van der Waals surface area contributed by atoms with Crippen molar-refractivity contribution in [3.63, 3.8) is 0 Å². The van der Waals surface area contributed by atoms with Crippen LogP contribution in [0.1, 0.15) is 12.5 Å². The minimum absolute atomic E-state index is 0.0713. The first-order chi connectivity index (χ1) is 9.08. The van der Waals surface area contributed by atoms with Crippen molar-refractivity contribution in [2.45, 2.75) is 25.5 Å². The number of carbonyl (C=O) groups excluding carboxylic acids is 1. The Morgan fingerprint density at radius 3 is 3.00 bits per heavy atom. The van der Waals surface area contributed by atoms with Gasteiger partial charge < -0.3 is 15.4 Å². The van der Waals surface area contributed by atoms with E-state index in [1.165, 1.54) is 0 Å². The van der Waals surface area contributed by atoms with Crippen molar-refractivity contribution in [1.82, 2.24) is 4.90 Å². The fraction of sp³-hybridized carbons (Fsp3) is 0.500. The molecule has 1 aromatic carbocycles. The number of amides is 1. The average Bonchev–Trinajstić information content (AvgIpc) is 2.41. The van der Waals surface area contributed by atoms with E-state index < -0.39 is 0 Å². The average molecular weight is 283 g/mol. The fourth-order valence-electron chi connectivity index (χ4n) is 2.14. The number of carbonyl (C=O) groups is 1. The number of hydrogen-bond donors (Lipinski definition) is 1. The molecular weight excluding hydrogens is 264 g/mol. The molecular formula is C14H19ClN2O2. The summed E-state index contributed by atoms with van der Waals surface area (Å²) >= 11 is 6.07. The molecule has 2 atom stereocenters. The summed E-state index contributed by atoms with van der Waals surface area (Å²) in [4.78, 5) is 14.1. The van der Waals surface area contributed by atoms with Crippen LogP contribution in [-0.2, 0) is 16.0 Å². The van der Waals surface area contributed by atoms with Gasteiger partial charge in [0, 0.05) is 24.2 Å². The zero-order valence-corrected chi connectivity index (χ0v) is 11.8. The van der Waals surface area contributed by atoms with E-state index >= 15 is 0 Å². The standard InChI is InChI=1S/C14H19ClN2O2/c1-10(16)13-9-17(6-7-19-13)14(18)8-11-4-2-3-5-12(11)15/h2-5,10,13H,6-9,16H2,1H3. The smallest absolute Gasteiger partial charge is 0.227 e. The third-order valence-electron chi connectivity index (χ3n) is 3.33. The Kier molecular flexibility index (Phi) is 4.80. The molecule has 1 aliphatic heterocycles. The van der Waals surface area contributed by atoms with Crippen molar-refractivity contribution < 1.29 is 9.53 Å². The van der Waals surface area contributed by atoms with Crippen LogP contribution in [-0.4, -0.2) is 42.6 Å². The van der Waals surface area contributed by atoms with Gasteiger partial charge in [0.2, 0.25) is 5.91 Å². The Hall–Kier alpha value is -1.10. The first-order valence-electron chi connectivity index (χ1n) is 6.46. The molecule has 1 heterocycles. The second-order valence-electron chi connectivity index (χ2n) is 4.88. The van der Waals surface area contributed by atoms with Crippen molar-refractivity contribution in [2.75, 3.05) is 19.7 Å². The Labute approximate surface area is 118 Å². The van der Waals surface area contributed by atoms with Gasteiger partial charge in [-0.1, -0.05) is 29.8 Å². The Bertz CT molecular complexity index is 451. The van der Waals surface area contributed by atoms with Gasteiger partial charge >= 0.3 is 0 Å². The van der Waals surface area contributed by atoms with E-state index in [-0.39, 0.29) is 18.1 Å². The lowest BCUT2D eigenvalue weighted by atomic mass is 10.1. The van der Waals surface area contributed by atoms with Gasteiger partial charge in [-0.3, -0.25) is 4.79 Å². The molecule has 0 aliphatic carbocycles. The number of nitrogens with two attached hydrogens (primary N) is 1. The maximum atomic E-state index is 12.3. The van der Waals surface area contributed by atoms with Crippen molar-refractivity contribution in [1.29, 1.82) is 0 Å². The minimum atomic E-state index is -0.0797. The molecule has 0 aromatic heterocycles. The number of morpholine rings is 1. The molecule has 1 saturated heterocycles. The van der Waals surface area contributed by atoms with Crippen LogP contribution in [0.25, 0.3) is 0 Å². The molecule has 0 bridgehead atoms. The van der Waals surface area contributed by atoms with E-state index in [4.69, 9.17) is 22.1 Å². The predicted molar refractivity (Wildman–Crippen MR) is 75.1 cm³/mol. The molecule has 0 spiro atoms. The van der Waals surface area contributed by atoms with Crippen LogP contribution in [0, 0.1) is 0 Å². The minimum Gasteiger partial charge on any atom is -0.373 e. The molecule has 0 radical (unpaired) electrons. The van der Waals surface area contributed by atoms with Gasteiger partial charge in [-0.25, -0.2) is 0 Å². The quantitative estimate of drug-likeness (QED) is 0.913. The molecule has 1 fully saturated rings. The van der Waals surface area contributed by atoms with Crippen LogP contribution in [0.5, 0.6) is 0 Å². The van der Waals surface area contributed by atoms with Crippen LogP contribution < -0.4 is 5.73 Å². The van der Waals surface area contributed by atoms with E-state index in [9.17, 15) is 4.79 Å². The van der Waals surface area contributed by atoms with Crippen LogP contribution in [0.3, 0.4) is 0 Å². The highest BCUT2D eigenvalue weighted by molar-refractivity contribution is 6.31. The van der Waals surface area contributed by atoms with Crippen molar-refractivity contribution in [2.24, 2.45) is 5.73 Å². The number of benzene rings is 1. The maximum Gasteiger partial charge on any atom is 0.227 e. The van der Waals surface area contributed by atoms with E-state index in [1.807, 2.05) is 25.1 Å². The third kappa shape index (κ3) is 3.69. The van der Waals surface area contributed by atoms with Gasteiger partial charge in [0.15, 0.2) is 0 Å². The van der Waals surface area contributed by atoms with Gasteiger partial charge in [0.25, 0.3) is 0 Å². The topological polar surface area (TPSA) is 55.6 Å². The van der Waals surface area contributed by atoms with E-state index in [0.29, 0.717) is 31.1 Å². The highest BCUT2D eigenvalue weighted by Crippen LogP contribution is 2.17. The molecule has 1 amide bonds. The molecule has 0 saturated carbocycles. The fourth-order valence-corrected chi connectivity index (χ4v) is 2.34. The van der Waals surface area contributed by atoms with Crippen LogP contribution in [0.4, 0.5) is 0 Å². The SMILES string of the molecule is CC(N)C1CN(C(=O)Cc2ccccc2Cl)CCO1. The number of rotatable bonds is 3. The van der Waals surface area contributed by atoms with Crippen LogP contribution >= 0.6 is 11.6 Å². The molecule has 104 valence electrons. The van der Waals surface area contributed by atoms with E-state index in [1.54, 1.807) is 11.0 Å². The van der Waals surface area contributed by atoms with Gasteiger partial charge in [-0.15, -0.1) is 0 Å². The van der Waals surface area contributed by atoms with Crippen molar-refractivity contribution in [3.05, 3.63) is 34.9 Å². The molecule has 19 heavy (non-hydrogen) atoms. The second kappa shape index (κ2) is 6.37. The van der Waals surface area contributed by atoms with E-state index in [0.717, 1.165) is 5.56 Å². The lowest BCUT2D eigenvalue weighted by molar-refractivity contribution is -0.138. The van der Waals surface area contributed by atoms with Gasteiger partial charge in [-0.05, 0) is 18.6 Å². The number of nitrogens with zero attached hydrogens (tertiary/aromatic N) is 1. The summed E-state index contributed by atoms with van der Waals surface area (Å²) in [5.74, 6) is 0.0713. The number of halogens is 1. The second-order valence-corrected chi connectivity index (χ2v) is 5.28. The van der Waals surface area contributed by atoms with Crippen molar-refractivity contribution in [3.8, 4) is 0 Å². The summed E-state index contributed by atoms with van der Waals surface area (Å²) < 4.78 is 5.55. The van der Waals surface area contributed by atoms with Gasteiger partial charge in [-0.2, -0.15) is 0 Å². The lowest BCUT2D eigenvalue weighted by Gasteiger charge is -2.34. The Balaban J connectivity index is 1.98. The first-order valence-corrected chi connectivity index (χ1v) is 6.84. The predicted octanol–water partition coefficient (Wildman–Crippen LogP) is 1.46. The van der Waals surface area contributed by atoms with Crippen molar-refractivity contribution >= 4 is 17.5 Å². The zero-order valence-electron chi connectivity index (χ0n) is 11.0. The molecule has 2 unspecified atom stereocenters. The first kappa shape index (κ1) is 14.3. The molecule has 2 rings (SSSR count). The molecule has 1 aromatic rings. The molecule has 4 nitrogen and oxygen atoms in total. The van der Waals surface area contributed by atoms with Gasteiger partial charge in [0.1, 0.15) is 0 Å². The number of hydrogen-bond acceptors (Lipinski definition) is 3. The summed E-state index contributed by atoms with van der Waals surface area (Å²) in [6.07, 6.45) is 0.245. The summed E-state index contributed by atoms with van der Waals surface area (Å²) in [6.45, 7) is 3.61. The largest absolute Gasteiger partial charge is 0.373 e. The normalized spacial score (nSPS) is 21.2. The highest BCUT2D eigenvalue weighted by Gasteiger charge is 2.26. The molecule has 5 heteroatoms.